The minimum atomic E-state index is -0.513. The van der Waals surface area contributed by atoms with Gasteiger partial charge < -0.3 is 29.0 Å². The lowest BCUT2D eigenvalue weighted by Crippen LogP contribution is -2.09. The average molecular weight is 366 g/mol. The van der Waals surface area contributed by atoms with Crippen LogP contribution in [0.15, 0.2) is 53.3 Å². The van der Waals surface area contributed by atoms with Gasteiger partial charge >= 0.3 is 5.97 Å². The Morgan fingerprint density at radius 1 is 0.926 bits per heavy atom. The van der Waals surface area contributed by atoms with Crippen LogP contribution in [-0.2, 0) is 16.1 Å². The van der Waals surface area contributed by atoms with Crippen molar-refractivity contribution in [2.75, 3.05) is 13.6 Å². The molecule has 0 aromatic heterocycles. The fourth-order valence-corrected chi connectivity index (χ4v) is 2.88. The molecule has 0 amide bonds. The van der Waals surface area contributed by atoms with Gasteiger partial charge in [-0.15, -0.1) is 0 Å². The molecule has 0 saturated carbocycles. The van der Waals surface area contributed by atoms with E-state index in [1.54, 1.807) is 18.2 Å². The lowest BCUT2D eigenvalue weighted by atomic mass is 10.2. The summed E-state index contributed by atoms with van der Waals surface area (Å²) in [6, 6.07) is 10.9. The molecule has 3 aliphatic heterocycles. The molecule has 0 fully saturated rings. The Bertz CT molecular complexity index is 998. The summed E-state index contributed by atoms with van der Waals surface area (Å²) in [5, 5.41) is 3.07. The predicted molar refractivity (Wildman–Crippen MR) is 92.7 cm³/mol. The molecule has 0 unspecified atom stereocenters. The maximum absolute atomic E-state index is 12.0. The van der Waals surface area contributed by atoms with Crippen LogP contribution >= 0.6 is 0 Å². The normalized spacial score (nSPS) is 17.9. The van der Waals surface area contributed by atoms with Crippen LogP contribution in [0.2, 0.25) is 0 Å². The van der Waals surface area contributed by atoms with Gasteiger partial charge in [0.15, 0.2) is 28.7 Å². The van der Waals surface area contributed by atoms with E-state index in [1.807, 2.05) is 18.2 Å². The number of fused-ring (bicyclic) bond motifs is 2. The van der Waals surface area contributed by atoms with E-state index in [-0.39, 0.29) is 25.2 Å². The first-order valence-corrected chi connectivity index (χ1v) is 8.29. The highest BCUT2D eigenvalue weighted by Gasteiger charge is 2.26. The van der Waals surface area contributed by atoms with Crippen molar-refractivity contribution >= 4 is 11.9 Å². The van der Waals surface area contributed by atoms with Gasteiger partial charge in [-0.3, -0.25) is 0 Å². The van der Waals surface area contributed by atoms with Crippen molar-refractivity contribution in [1.82, 2.24) is 5.32 Å². The molecule has 0 aliphatic carbocycles. The lowest BCUT2D eigenvalue weighted by Gasteiger charge is -2.03. The molecule has 0 radical (unpaired) electrons. The van der Waals surface area contributed by atoms with E-state index in [0.29, 0.717) is 29.4 Å². The summed E-state index contributed by atoms with van der Waals surface area (Å²) in [5.74, 6) is 2.42. The highest BCUT2D eigenvalue weighted by molar-refractivity contribution is 6.11. The maximum atomic E-state index is 12.0. The van der Waals surface area contributed by atoms with E-state index in [0.717, 1.165) is 11.3 Å². The van der Waals surface area contributed by atoms with Gasteiger partial charge in [0.2, 0.25) is 19.5 Å². The molecule has 136 valence electrons. The second-order valence-corrected chi connectivity index (χ2v) is 5.97. The van der Waals surface area contributed by atoms with Gasteiger partial charge in [-0.25, -0.2) is 9.79 Å². The van der Waals surface area contributed by atoms with Gasteiger partial charge in [0.25, 0.3) is 0 Å². The van der Waals surface area contributed by atoms with Crippen molar-refractivity contribution in [3.8, 4) is 23.0 Å². The van der Waals surface area contributed by atoms with Crippen molar-refractivity contribution in [3.05, 3.63) is 59.4 Å². The Morgan fingerprint density at radius 3 is 2.44 bits per heavy atom. The molecule has 2 aromatic carbocycles. The molecular formula is C19H14N2O6. The largest absolute Gasteiger partial charge is 0.454 e. The molecule has 0 saturated heterocycles. The Labute approximate surface area is 154 Å². The summed E-state index contributed by atoms with van der Waals surface area (Å²) in [6.45, 7) is 0.918. The zero-order valence-corrected chi connectivity index (χ0v) is 14.1. The van der Waals surface area contributed by atoms with Crippen LogP contribution in [0.3, 0.4) is 0 Å². The van der Waals surface area contributed by atoms with Crippen LogP contribution in [0, 0.1) is 0 Å². The SMILES string of the molecule is O=C1OC(c2ccc3c(c2)OCO3)=N/C1=C/NCc1ccc2c(c1)OCO2. The lowest BCUT2D eigenvalue weighted by molar-refractivity contribution is -0.130. The molecular weight excluding hydrogens is 352 g/mol. The first-order chi connectivity index (χ1) is 13.3. The monoisotopic (exact) mass is 366 g/mol. The predicted octanol–water partition coefficient (Wildman–Crippen LogP) is 2.08. The minimum absolute atomic E-state index is 0.181. The number of ether oxygens (including phenoxy) is 5. The number of aliphatic imine (C=N–C) groups is 1. The van der Waals surface area contributed by atoms with Crippen LogP contribution in [0.25, 0.3) is 0 Å². The number of nitrogens with zero attached hydrogens (tertiary/aromatic N) is 1. The van der Waals surface area contributed by atoms with Gasteiger partial charge in [-0.1, -0.05) is 6.07 Å². The van der Waals surface area contributed by atoms with Gasteiger partial charge in [-0.2, -0.15) is 0 Å². The molecule has 8 heteroatoms. The Hall–Kier alpha value is -3.68. The summed E-state index contributed by atoms with van der Waals surface area (Å²) >= 11 is 0. The second kappa shape index (κ2) is 6.24. The summed E-state index contributed by atoms with van der Waals surface area (Å²) in [7, 11) is 0. The number of hydrogen-bond acceptors (Lipinski definition) is 8. The van der Waals surface area contributed by atoms with Crippen LogP contribution in [-0.4, -0.2) is 25.5 Å². The molecule has 3 aliphatic rings. The van der Waals surface area contributed by atoms with Gasteiger partial charge in [0.05, 0.1) is 0 Å². The summed E-state index contributed by atoms with van der Waals surface area (Å²) in [4.78, 5) is 16.3. The Morgan fingerprint density at radius 2 is 1.63 bits per heavy atom. The molecule has 0 atom stereocenters. The number of rotatable bonds is 4. The van der Waals surface area contributed by atoms with Crippen molar-refractivity contribution in [2.24, 2.45) is 4.99 Å². The van der Waals surface area contributed by atoms with Crippen LogP contribution in [0.4, 0.5) is 0 Å². The first-order valence-electron chi connectivity index (χ1n) is 8.29. The molecule has 2 aromatic rings. The minimum Gasteiger partial charge on any atom is -0.454 e. The summed E-state index contributed by atoms with van der Waals surface area (Å²) in [6.07, 6.45) is 1.53. The Kier molecular flexibility index (Phi) is 3.60. The molecule has 0 bridgehead atoms. The molecule has 3 heterocycles. The summed E-state index contributed by atoms with van der Waals surface area (Å²) in [5.41, 5.74) is 1.83. The highest BCUT2D eigenvalue weighted by Crippen LogP contribution is 2.34. The van der Waals surface area contributed by atoms with Crippen LogP contribution < -0.4 is 24.3 Å². The zero-order valence-electron chi connectivity index (χ0n) is 14.1. The Balaban J connectivity index is 1.29. The average Bonchev–Trinajstić information content (AvgIpc) is 3.40. The third-order valence-corrected chi connectivity index (χ3v) is 4.22. The van der Waals surface area contributed by atoms with Crippen molar-refractivity contribution in [2.45, 2.75) is 6.54 Å². The molecule has 5 rings (SSSR count). The molecule has 27 heavy (non-hydrogen) atoms. The molecule has 0 spiro atoms. The van der Waals surface area contributed by atoms with Gasteiger partial charge in [0.1, 0.15) is 0 Å². The van der Waals surface area contributed by atoms with Crippen LogP contribution in [0.1, 0.15) is 11.1 Å². The zero-order chi connectivity index (χ0) is 18.2. The van der Waals surface area contributed by atoms with Gasteiger partial charge in [0, 0.05) is 18.3 Å². The van der Waals surface area contributed by atoms with E-state index in [4.69, 9.17) is 23.7 Å². The number of benzene rings is 2. The first kappa shape index (κ1) is 15.6. The van der Waals surface area contributed by atoms with Crippen molar-refractivity contribution < 1.29 is 28.5 Å². The third kappa shape index (κ3) is 2.91. The summed E-state index contributed by atoms with van der Waals surface area (Å²) < 4.78 is 26.5. The molecule has 8 nitrogen and oxygen atoms in total. The van der Waals surface area contributed by atoms with E-state index in [1.165, 1.54) is 6.20 Å². The topological polar surface area (TPSA) is 87.6 Å². The fourth-order valence-electron chi connectivity index (χ4n) is 2.88. The van der Waals surface area contributed by atoms with Crippen molar-refractivity contribution in [3.63, 3.8) is 0 Å². The number of hydrogen-bond donors (Lipinski definition) is 1. The van der Waals surface area contributed by atoms with E-state index in [2.05, 4.69) is 10.3 Å². The number of carbonyl (C=O) groups is 1. The second-order valence-electron chi connectivity index (χ2n) is 5.97. The number of nitrogens with one attached hydrogen (secondary N) is 1. The van der Waals surface area contributed by atoms with Gasteiger partial charge in [-0.05, 0) is 35.9 Å². The highest BCUT2D eigenvalue weighted by atomic mass is 16.7. The van der Waals surface area contributed by atoms with Crippen molar-refractivity contribution in [1.29, 1.82) is 0 Å². The van der Waals surface area contributed by atoms with E-state index in [9.17, 15) is 4.79 Å². The fraction of sp³-hybridized carbons (Fsp3) is 0.158. The number of esters is 1. The number of carbonyl (C=O) groups excluding carboxylic acids is 1. The maximum Gasteiger partial charge on any atom is 0.365 e. The standard InChI is InChI=1S/C19H14N2O6/c22-19-13(8-20-7-11-1-3-14-16(5-11)25-9-23-14)21-18(27-19)12-2-4-15-17(6-12)26-10-24-15/h1-6,8,20H,7,9-10H2/b13-8+. The third-order valence-electron chi connectivity index (χ3n) is 4.22. The van der Waals surface area contributed by atoms with E-state index < -0.39 is 5.97 Å². The quantitative estimate of drug-likeness (QED) is 0.655. The van der Waals surface area contributed by atoms with Crippen LogP contribution in [0.5, 0.6) is 23.0 Å². The molecule has 1 N–H and O–H groups in total. The van der Waals surface area contributed by atoms with E-state index >= 15 is 0 Å². The smallest absolute Gasteiger partial charge is 0.365 e. The number of cyclic esters (lactones) is 1.